The molecule has 0 aliphatic heterocycles. The fraction of sp³-hybridized carbons (Fsp3) is 0.556. The van der Waals surface area contributed by atoms with Crippen molar-refractivity contribution in [3.8, 4) is 0 Å². The van der Waals surface area contributed by atoms with Crippen LogP contribution in [0.3, 0.4) is 0 Å². The van der Waals surface area contributed by atoms with Gasteiger partial charge in [-0.15, -0.1) is 0 Å². The predicted octanol–water partition coefficient (Wildman–Crippen LogP) is 2.55. The van der Waals surface area contributed by atoms with Crippen molar-refractivity contribution in [1.29, 1.82) is 0 Å². The summed E-state index contributed by atoms with van der Waals surface area (Å²) in [4.78, 5) is 2.16. The summed E-state index contributed by atoms with van der Waals surface area (Å²) < 4.78 is 28.4. The van der Waals surface area contributed by atoms with E-state index in [1.165, 1.54) is 12.6 Å². The lowest BCUT2D eigenvalue weighted by molar-refractivity contribution is 0.404. The van der Waals surface area contributed by atoms with E-state index in [4.69, 9.17) is 0 Å². The molecule has 0 unspecified atom stereocenters. The lowest BCUT2D eigenvalue weighted by atomic mass is 10.1. The second-order valence-corrected chi connectivity index (χ2v) is 9.49. The standard InChI is InChI=1S/C18H29N3O2S/c1-18(2,3)21-12-15(9-10-20(5)6)16-11-14(7-8-17(16)21)13-24(22,23)19-4/h7-8,11-12,19H,9-10,13H2,1-6H3. The first-order valence-corrected chi connectivity index (χ1v) is 9.88. The van der Waals surface area contributed by atoms with E-state index in [-0.39, 0.29) is 11.3 Å². The average Bonchev–Trinajstić information content (AvgIpc) is 2.83. The summed E-state index contributed by atoms with van der Waals surface area (Å²) in [6, 6.07) is 5.98. The number of hydrogen-bond donors (Lipinski definition) is 1. The van der Waals surface area contributed by atoms with Crippen molar-refractivity contribution in [2.24, 2.45) is 0 Å². The van der Waals surface area contributed by atoms with Gasteiger partial charge in [0.2, 0.25) is 10.0 Å². The van der Waals surface area contributed by atoms with Gasteiger partial charge in [0.25, 0.3) is 0 Å². The third-order valence-corrected chi connectivity index (χ3v) is 5.51. The highest BCUT2D eigenvalue weighted by Crippen LogP contribution is 2.29. The van der Waals surface area contributed by atoms with Crippen LogP contribution in [-0.2, 0) is 27.7 Å². The number of nitrogens with one attached hydrogen (secondary N) is 1. The second-order valence-electron chi connectivity index (χ2n) is 7.56. The van der Waals surface area contributed by atoms with E-state index in [1.54, 1.807) is 0 Å². The molecule has 0 spiro atoms. The van der Waals surface area contributed by atoms with Crippen LogP contribution in [0.5, 0.6) is 0 Å². The molecule has 134 valence electrons. The quantitative estimate of drug-likeness (QED) is 0.870. The van der Waals surface area contributed by atoms with E-state index < -0.39 is 10.0 Å². The summed E-state index contributed by atoms with van der Waals surface area (Å²) >= 11 is 0. The molecule has 0 saturated heterocycles. The zero-order chi connectivity index (χ0) is 18.1. The van der Waals surface area contributed by atoms with Gasteiger partial charge in [-0.25, -0.2) is 13.1 Å². The van der Waals surface area contributed by atoms with Gasteiger partial charge in [-0.2, -0.15) is 0 Å². The number of benzene rings is 1. The fourth-order valence-corrected chi connectivity index (χ4v) is 3.59. The van der Waals surface area contributed by atoms with Gasteiger partial charge in [0.05, 0.1) is 5.75 Å². The minimum Gasteiger partial charge on any atom is -0.342 e. The van der Waals surface area contributed by atoms with Crippen LogP contribution in [0.4, 0.5) is 0 Å². The fourth-order valence-electron chi connectivity index (χ4n) is 2.83. The third-order valence-electron chi connectivity index (χ3n) is 4.17. The number of hydrogen-bond acceptors (Lipinski definition) is 3. The Morgan fingerprint density at radius 1 is 1.21 bits per heavy atom. The summed E-state index contributed by atoms with van der Waals surface area (Å²) in [6.07, 6.45) is 3.15. The summed E-state index contributed by atoms with van der Waals surface area (Å²) in [5.41, 5.74) is 3.21. The van der Waals surface area contributed by atoms with E-state index in [0.29, 0.717) is 0 Å². The number of likely N-dealkylation sites (N-methyl/N-ethyl adjacent to an activating group) is 1. The van der Waals surface area contributed by atoms with Gasteiger partial charge in [0, 0.05) is 29.2 Å². The van der Waals surface area contributed by atoms with Crippen LogP contribution in [0.15, 0.2) is 24.4 Å². The molecule has 0 radical (unpaired) electrons. The SMILES string of the molecule is CNS(=O)(=O)Cc1ccc2c(c1)c(CCN(C)C)cn2C(C)(C)C. The number of aromatic nitrogens is 1. The zero-order valence-corrected chi connectivity index (χ0v) is 16.4. The van der Waals surface area contributed by atoms with Gasteiger partial charge in [-0.1, -0.05) is 6.07 Å². The largest absolute Gasteiger partial charge is 0.342 e. The van der Waals surface area contributed by atoms with Crippen LogP contribution in [0, 0.1) is 0 Å². The molecule has 1 heterocycles. The molecule has 24 heavy (non-hydrogen) atoms. The summed E-state index contributed by atoms with van der Waals surface area (Å²) in [5, 5.41) is 1.15. The zero-order valence-electron chi connectivity index (χ0n) is 15.5. The Labute approximate surface area is 145 Å². The Morgan fingerprint density at radius 2 is 1.88 bits per heavy atom. The van der Waals surface area contributed by atoms with Crippen molar-refractivity contribution in [3.05, 3.63) is 35.5 Å². The minimum absolute atomic E-state index is 0.00720. The molecular formula is C18H29N3O2S. The van der Waals surface area contributed by atoms with Gasteiger partial charge < -0.3 is 9.47 Å². The summed E-state index contributed by atoms with van der Waals surface area (Å²) in [7, 11) is 2.31. The molecule has 0 saturated carbocycles. The van der Waals surface area contributed by atoms with Crippen LogP contribution in [-0.4, -0.2) is 45.6 Å². The molecule has 0 aliphatic rings. The molecule has 2 rings (SSSR count). The lowest BCUT2D eigenvalue weighted by Crippen LogP contribution is -2.21. The van der Waals surface area contributed by atoms with Crippen molar-refractivity contribution in [2.75, 3.05) is 27.7 Å². The Bertz CT molecular complexity index is 815. The summed E-state index contributed by atoms with van der Waals surface area (Å²) in [5.74, 6) is 0.00720. The van der Waals surface area contributed by atoms with Gasteiger partial charge in [0.15, 0.2) is 0 Å². The number of rotatable bonds is 6. The highest BCUT2D eigenvalue weighted by molar-refractivity contribution is 7.88. The Hall–Kier alpha value is -1.37. The Balaban J connectivity index is 2.53. The molecule has 2 aromatic rings. The number of nitrogens with zero attached hydrogens (tertiary/aromatic N) is 2. The highest BCUT2D eigenvalue weighted by atomic mass is 32.2. The van der Waals surface area contributed by atoms with E-state index >= 15 is 0 Å². The molecule has 0 bridgehead atoms. The summed E-state index contributed by atoms with van der Waals surface area (Å²) in [6.45, 7) is 7.51. The van der Waals surface area contributed by atoms with E-state index in [0.717, 1.165) is 29.4 Å². The smallest absolute Gasteiger partial charge is 0.215 e. The molecule has 6 heteroatoms. The predicted molar refractivity (Wildman–Crippen MR) is 101 cm³/mol. The van der Waals surface area contributed by atoms with Crippen LogP contribution in [0.1, 0.15) is 31.9 Å². The average molecular weight is 352 g/mol. The minimum atomic E-state index is -3.27. The Morgan fingerprint density at radius 3 is 2.42 bits per heavy atom. The van der Waals surface area contributed by atoms with Crippen molar-refractivity contribution >= 4 is 20.9 Å². The number of fused-ring (bicyclic) bond motifs is 1. The molecule has 0 amide bonds. The monoisotopic (exact) mass is 351 g/mol. The molecule has 0 atom stereocenters. The van der Waals surface area contributed by atoms with Crippen molar-refractivity contribution in [2.45, 2.75) is 38.5 Å². The molecule has 0 fully saturated rings. The van der Waals surface area contributed by atoms with Crippen LogP contribution < -0.4 is 4.72 Å². The van der Waals surface area contributed by atoms with Crippen LogP contribution in [0.2, 0.25) is 0 Å². The molecule has 1 N–H and O–H groups in total. The van der Waals surface area contributed by atoms with E-state index in [9.17, 15) is 8.42 Å². The molecule has 0 aliphatic carbocycles. The first-order chi connectivity index (χ1) is 11.0. The first-order valence-electron chi connectivity index (χ1n) is 8.23. The van der Waals surface area contributed by atoms with Crippen LogP contribution in [0.25, 0.3) is 10.9 Å². The second kappa shape index (κ2) is 6.86. The van der Waals surface area contributed by atoms with Gasteiger partial charge in [0.1, 0.15) is 0 Å². The topological polar surface area (TPSA) is 54.3 Å². The van der Waals surface area contributed by atoms with Crippen LogP contribution >= 0.6 is 0 Å². The molecular weight excluding hydrogens is 322 g/mol. The normalized spacial score (nSPS) is 13.1. The number of sulfonamides is 1. The van der Waals surface area contributed by atoms with Gasteiger partial charge >= 0.3 is 0 Å². The maximum absolute atomic E-state index is 11.8. The lowest BCUT2D eigenvalue weighted by Gasteiger charge is -2.22. The van der Waals surface area contributed by atoms with E-state index in [2.05, 4.69) is 55.3 Å². The maximum Gasteiger partial charge on any atom is 0.215 e. The first kappa shape index (κ1) is 19.0. The van der Waals surface area contributed by atoms with Gasteiger partial charge in [-0.3, -0.25) is 0 Å². The van der Waals surface area contributed by atoms with Crippen molar-refractivity contribution in [1.82, 2.24) is 14.2 Å². The van der Waals surface area contributed by atoms with Crippen molar-refractivity contribution in [3.63, 3.8) is 0 Å². The van der Waals surface area contributed by atoms with E-state index in [1.807, 2.05) is 18.2 Å². The molecule has 5 nitrogen and oxygen atoms in total. The Kier molecular flexibility index (Phi) is 5.42. The van der Waals surface area contributed by atoms with Crippen molar-refractivity contribution < 1.29 is 8.42 Å². The maximum atomic E-state index is 11.8. The molecule has 1 aromatic heterocycles. The highest BCUT2D eigenvalue weighted by Gasteiger charge is 2.19. The van der Waals surface area contributed by atoms with Gasteiger partial charge in [-0.05, 0) is 71.6 Å². The third kappa shape index (κ3) is 4.37. The molecule has 1 aromatic carbocycles.